The molecule has 0 saturated carbocycles. The van der Waals surface area contributed by atoms with Crippen LogP contribution in [0, 0.1) is 13.8 Å². The van der Waals surface area contributed by atoms with Crippen molar-refractivity contribution >= 4 is 23.0 Å². The Hall–Kier alpha value is -2.95. The predicted octanol–water partition coefficient (Wildman–Crippen LogP) is 3.09. The predicted molar refractivity (Wildman–Crippen MR) is 91.7 cm³/mol. The largest absolute Gasteiger partial charge is 0.495 e. The lowest BCUT2D eigenvalue weighted by atomic mass is 10.1. The average molecular weight is 322 g/mol. The molecule has 0 N–H and O–H groups in total. The van der Waals surface area contributed by atoms with E-state index in [2.05, 4.69) is 4.98 Å². The van der Waals surface area contributed by atoms with Gasteiger partial charge in [-0.05, 0) is 38.1 Å². The maximum Gasteiger partial charge on any atom is 0.227 e. The van der Waals surface area contributed by atoms with Gasteiger partial charge in [0.25, 0.3) is 0 Å². The van der Waals surface area contributed by atoms with Gasteiger partial charge in [-0.25, -0.2) is 0 Å². The molecule has 0 fully saturated rings. The number of benzene rings is 1. The Labute approximate surface area is 139 Å². The van der Waals surface area contributed by atoms with Crippen molar-refractivity contribution in [1.29, 1.82) is 0 Å². The summed E-state index contributed by atoms with van der Waals surface area (Å²) in [6.45, 7) is 4.34. The molecular formula is C19H18N2O3. The molecule has 1 aromatic carbocycles. The molecule has 0 bridgehead atoms. The van der Waals surface area contributed by atoms with Crippen molar-refractivity contribution in [1.82, 2.24) is 9.55 Å². The molecule has 3 aromatic rings. The quantitative estimate of drug-likeness (QED) is 0.411. The normalized spacial score (nSPS) is 10.8. The molecule has 0 aliphatic carbocycles. The third-order valence-electron chi connectivity index (χ3n) is 4.19. The second-order valence-corrected chi connectivity index (χ2v) is 5.74. The molecule has 2 heterocycles. The summed E-state index contributed by atoms with van der Waals surface area (Å²) in [6, 6.07) is 9.65. The lowest BCUT2D eigenvalue weighted by Gasteiger charge is -2.09. The smallest absolute Gasteiger partial charge is 0.227 e. The molecule has 0 aliphatic rings. The van der Waals surface area contributed by atoms with E-state index in [9.17, 15) is 9.59 Å². The lowest BCUT2D eigenvalue weighted by Crippen LogP contribution is -2.06. The van der Waals surface area contributed by atoms with Gasteiger partial charge in [-0.1, -0.05) is 11.6 Å². The molecule has 0 spiro atoms. The van der Waals surface area contributed by atoms with Gasteiger partial charge in [-0.3, -0.25) is 14.6 Å². The van der Waals surface area contributed by atoms with Crippen molar-refractivity contribution in [3.8, 4) is 5.75 Å². The number of hydrogen-bond acceptors (Lipinski definition) is 4. The standard InChI is InChI=1S/C19H18N2O3/c1-12-4-7-17-16(8-12)19(18(23)11-22)13(2)21(17)10-14-5-6-15(24-3)9-20-14/h4-9,11H,10H2,1-3H3. The van der Waals surface area contributed by atoms with Gasteiger partial charge in [-0.15, -0.1) is 0 Å². The number of Topliss-reactive ketones (excluding diaryl/α,β-unsaturated/α-hetero) is 1. The topological polar surface area (TPSA) is 61.2 Å². The summed E-state index contributed by atoms with van der Waals surface area (Å²) >= 11 is 0. The molecule has 0 unspecified atom stereocenters. The molecule has 0 radical (unpaired) electrons. The van der Waals surface area contributed by atoms with Gasteiger partial charge in [0.15, 0.2) is 6.29 Å². The number of carbonyl (C=O) groups is 2. The number of fused-ring (bicyclic) bond motifs is 1. The van der Waals surface area contributed by atoms with Crippen molar-refractivity contribution in [3.63, 3.8) is 0 Å². The second kappa shape index (κ2) is 6.28. The molecule has 5 nitrogen and oxygen atoms in total. The molecule has 0 saturated heterocycles. The summed E-state index contributed by atoms with van der Waals surface area (Å²) in [4.78, 5) is 27.5. The van der Waals surface area contributed by atoms with Gasteiger partial charge in [0.1, 0.15) is 5.75 Å². The van der Waals surface area contributed by atoms with Gasteiger partial charge in [0.2, 0.25) is 5.78 Å². The highest BCUT2D eigenvalue weighted by molar-refractivity contribution is 6.36. The summed E-state index contributed by atoms with van der Waals surface area (Å²) in [5, 5.41) is 0.804. The molecule has 24 heavy (non-hydrogen) atoms. The summed E-state index contributed by atoms with van der Waals surface area (Å²) in [5.41, 5.74) is 4.05. The number of nitrogens with zero attached hydrogens (tertiary/aromatic N) is 2. The Kier molecular flexibility index (Phi) is 4.16. The van der Waals surface area contributed by atoms with Crippen molar-refractivity contribution in [2.45, 2.75) is 20.4 Å². The van der Waals surface area contributed by atoms with Crippen LogP contribution in [0.5, 0.6) is 5.75 Å². The van der Waals surface area contributed by atoms with Crippen LogP contribution in [0.2, 0.25) is 0 Å². The first kappa shape index (κ1) is 15.9. The maximum absolute atomic E-state index is 12.1. The monoisotopic (exact) mass is 322 g/mol. The molecule has 3 rings (SSSR count). The highest BCUT2D eigenvalue weighted by atomic mass is 16.5. The minimum atomic E-state index is -0.496. The van der Waals surface area contributed by atoms with Crippen molar-refractivity contribution in [2.75, 3.05) is 7.11 Å². The number of carbonyl (C=O) groups excluding carboxylic acids is 2. The van der Waals surface area contributed by atoms with Crippen LogP contribution in [0.15, 0.2) is 36.5 Å². The third kappa shape index (κ3) is 2.69. The van der Waals surface area contributed by atoms with Gasteiger partial charge in [0.05, 0.1) is 31.1 Å². The van der Waals surface area contributed by atoms with Crippen LogP contribution in [0.4, 0.5) is 0 Å². The number of pyridine rings is 1. The van der Waals surface area contributed by atoms with Crippen LogP contribution >= 0.6 is 0 Å². The second-order valence-electron chi connectivity index (χ2n) is 5.74. The number of aldehydes is 1. The van der Waals surface area contributed by atoms with Gasteiger partial charge in [0, 0.05) is 16.6 Å². The zero-order valence-electron chi connectivity index (χ0n) is 13.9. The minimum Gasteiger partial charge on any atom is -0.495 e. The Bertz CT molecular complexity index is 924. The number of ketones is 1. The molecule has 0 amide bonds. The van der Waals surface area contributed by atoms with Gasteiger partial charge >= 0.3 is 0 Å². The van der Waals surface area contributed by atoms with E-state index >= 15 is 0 Å². The summed E-state index contributed by atoms with van der Waals surface area (Å²) < 4.78 is 7.14. The van der Waals surface area contributed by atoms with Crippen LogP contribution in [0.1, 0.15) is 27.3 Å². The Morgan fingerprint density at radius 3 is 2.67 bits per heavy atom. The van der Waals surface area contributed by atoms with Crippen LogP contribution < -0.4 is 4.74 Å². The zero-order valence-corrected chi connectivity index (χ0v) is 13.9. The fourth-order valence-corrected chi connectivity index (χ4v) is 2.96. The SMILES string of the molecule is COc1ccc(Cn2c(C)c(C(=O)C=O)c3cc(C)ccc32)nc1. The number of ether oxygens (including phenoxy) is 1. The number of aryl methyl sites for hydroxylation is 1. The van der Waals surface area contributed by atoms with Crippen LogP contribution in [-0.2, 0) is 11.3 Å². The fourth-order valence-electron chi connectivity index (χ4n) is 2.96. The highest BCUT2D eigenvalue weighted by Gasteiger charge is 2.19. The summed E-state index contributed by atoms with van der Waals surface area (Å²) in [6.07, 6.45) is 2.04. The number of methoxy groups -OCH3 is 1. The summed E-state index contributed by atoms with van der Waals surface area (Å²) in [5.74, 6) is 0.199. The summed E-state index contributed by atoms with van der Waals surface area (Å²) in [7, 11) is 1.60. The van der Waals surface area contributed by atoms with E-state index in [0.29, 0.717) is 24.1 Å². The molecule has 122 valence electrons. The van der Waals surface area contributed by atoms with E-state index in [1.807, 2.05) is 48.7 Å². The Morgan fingerprint density at radius 2 is 2.04 bits per heavy atom. The zero-order chi connectivity index (χ0) is 17.3. The minimum absolute atomic E-state index is 0.375. The van der Waals surface area contributed by atoms with E-state index in [-0.39, 0.29) is 0 Å². The van der Waals surface area contributed by atoms with E-state index < -0.39 is 5.78 Å². The molecule has 0 aliphatic heterocycles. The first-order chi connectivity index (χ1) is 11.5. The lowest BCUT2D eigenvalue weighted by molar-refractivity contribution is -0.104. The Balaban J connectivity index is 2.14. The maximum atomic E-state index is 12.1. The van der Waals surface area contributed by atoms with Gasteiger partial charge < -0.3 is 9.30 Å². The van der Waals surface area contributed by atoms with Crippen molar-refractivity contribution < 1.29 is 14.3 Å². The van der Waals surface area contributed by atoms with Crippen LogP contribution in [-0.4, -0.2) is 28.7 Å². The molecule has 0 atom stereocenters. The third-order valence-corrected chi connectivity index (χ3v) is 4.19. The molecule has 5 heteroatoms. The molecular weight excluding hydrogens is 304 g/mol. The van der Waals surface area contributed by atoms with E-state index in [4.69, 9.17) is 4.74 Å². The van der Waals surface area contributed by atoms with Crippen LogP contribution in [0.3, 0.4) is 0 Å². The molecule has 2 aromatic heterocycles. The van der Waals surface area contributed by atoms with Crippen molar-refractivity contribution in [3.05, 3.63) is 59.0 Å². The van der Waals surface area contributed by atoms with E-state index in [1.54, 1.807) is 13.3 Å². The first-order valence-electron chi connectivity index (χ1n) is 7.63. The average Bonchev–Trinajstić information content (AvgIpc) is 2.86. The highest BCUT2D eigenvalue weighted by Crippen LogP contribution is 2.28. The Morgan fingerprint density at radius 1 is 1.25 bits per heavy atom. The van der Waals surface area contributed by atoms with Crippen LogP contribution in [0.25, 0.3) is 10.9 Å². The number of rotatable bonds is 5. The van der Waals surface area contributed by atoms with E-state index in [1.165, 1.54) is 0 Å². The first-order valence-corrected chi connectivity index (χ1v) is 7.63. The van der Waals surface area contributed by atoms with E-state index in [0.717, 1.165) is 27.9 Å². The van der Waals surface area contributed by atoms with Gasteiger partial charge in [-0.2, -0.15) is 0 Å². The number of hydrogen-bond donors (Lipinski definition) is 0. The number of aromatic nitrogens is 2. The van der Waals surface area contributed by atoms with Crippen molar-refractivity contribution in [2.24, 2.45) is 0 Å². The fraction of sp³-hybridized carbons (Fsp3) is 0.211.